The van der Waals surface area contributed by atoms with Crippen LogP contribution in [0, 0.1) is 6.92 Å². The number of halogens is 1. The molecule has 21 heavy (non-hydrogen) atoms. The molecule has 1 saturated heterocycles. The van der Waals surface area contributed by atoms with Crippen LogP contribution in [0.1, 0.15) is 25.3 Å². The van der Waals surface area contributed by atoms with Crippen LogP contribution < -0.4 is 11.1 Å². The lowest BCUT2D eigenvalue weighted by Gasteiger charge is -2.32. The van der Waals surface area contributed by atoms with Gasteiger partial charge in [-0.2, -0.15) is 0 Å². The fourth-order valence-corrected chi connectivity index (χ4v) is 2.92. The van der Waals surface area contributed by atoms with E-state index in [9.17, 15) is 4.79 Å². The van der Waals surface area contributed by atoms with Crippen molar-refractivity contribution < 1.29 is 9.53 Å². The van der Waals surface area contributed by atoms with Crippen molar-refractivity contribution in [1.29, 1.82) is 0 Å². The predicted octanol–water partition coefficient (Wildman–Crippen LogP) is 3.37. The van der Waals surface area contributed by atoms with Crippen LogP contribution in [0.3, 0.4) is 0 Å². The van der Waals surface area contributed by atoms with E-state index >= 15 is 0 Å². The van der Waals surface area contributed by atoms with Crippen molar-refractivity contribution in [2.75, 3.05) is 30.7 Å². The first kappa shape index (κ1) is 15.9. The second-order valence-corrected chi connectivity index (χ2v) is 6.15. The summed E-state index contributed by atoms with van der Waals surface area (Å²) in [5.41, 5.74) is 8.78. The fraction of sp³-hybridized carbons (Fsp3) is 0.533. The van der Waals surface area contributed by atoms with Crippen molar-refractivity contribution in [3.63, 3.8) is 0 Å². The molecule has 6 heteroatoms. The lowest BCUT2D eigenvalue weighted by molar-refractivity contribution is 0.0983. The van der Waals surface area contributed by atoms with E-state index in [-0.39, 0.29) is 6.09 Å². The average Bonchev–Trinajstić information content (AvgIpc) is 2.46. The molecule has 0 aromatic heterocycles. The number of ether oxygens (including phenoxy) is 1. The van der Waals surface area contributed by atoms with Gasteiger partial charge in [-0.15, -0.1) is 0 Å². The van der Waals surface area contributed by atoms with Crippen LogP contribution in [0.4, 0.5) is 16.2 Å². The van der Waals surface area contributed by atoms with Crippen LogP contribution in [0.5, 0.6) is 0 Å². The number of anilines is 2. The summed E-state index contributed by atoms with van der Waals surface area (Å²) in [7, 11) is 0. The largest absolute Gasteiger partial charge is 0.450 e. The summed E-state index contributed by atoms with van der Waals surface area (Å²) in [6.07, 6.45) is 1.61. The van der Waals surface area contributed by atoms with Gasteiger partial charge in [0.15, 0.2) is 0 Å². The number of carbonyl (C=O) groups is 1. The van der Waals surface area contributed by atoms with Gasteiger partial charge in [0.2, 0.25) is 0 Å². The van der Waals surface area contributed by atoms with Crippen LogP contribution >= 0.6 is 15.9 Å². The predicted molar refractivity (Wildman–Crippen MR) is 88.5 cm³/mol. The minimum atomic E-state index is -0.208. The van der Waals surface area contributed by atoms with Crippen LogP contribution in [0.25, 0.3) is 0 Å². The number of nitrogens with one attached hydrogen (secondary N) is 1. The SMILES string of the molecule is CCOC(=O)N1CCC(Nc2cc(C)c(N)cc2Br)CC1. The van der Waals surface area contributed by atoms with E-state index in [1.54, 1.807) is 4.90 Å². The molecule has 2 rings (SSSR count). The van der Waals surface area contributed by atoms with Gasteiger partial charge in [-0.1, -0.05) is 0 Å². The first-order chi connectivity index (χ1) is 10.0. The molecule has 1 amide bonds. The molecule has 1 fully saturated rings. The molecule has 1 aromatic carbocycles. The van der Waals surface area contributed by atoms with E-state index < -0.39 is 0 Å². The van der Waals surface area contributed by atoms with Crippen molar-refractivity contribution in [1.82, 2.24) is 4.90 Å². The second-order valence-electron chi connectivity index (χ2n) is 5.29. The molecule has 116 valence electrons. The number of likely N-dealkylation sites (tertiary alicyclic amines) is 1. The summed E-state index contributed by atoms with van der Waals surface area (Å²) in [4.78, 5) is 13.4. The van der Waals surface area contributed by atoms with Crippen molar-refractivity contribution >= 4 is 33.4 Å². The molecule has 0 atom stereocenters. The first-order valence-electron chi connectivity index (χ1n) is 7.25. The Labute approximate surface area is 134 Å². The molecule has 0 radical (unpaired) electrons. The maximum Gasteiger partial charge on any atom is 0.409 e. The van der Waals surface area contributed by atoms with Gasteiger partial charge >= 0.3 is 6.09 Å². The Hall–Kier alpha value is -1.43. The molecule has 1 aromatic rings. The zero-order valence-electron chi connectivity index (χ0n) is 12.5. The Morgan fingerprint density at radius 3 is 2.76 bits per heavy atom. The molecule has 0 saturated carbocycles. The van der Waals surface area contributed by atoms with Crippen LogP contribution in [0.15, 0.2) is 16.6 Å². The molecule has 3 N–H and O–H groups in total. The number of amides is 1. The summed E-state index contributed by atoms with van der Waals surface area (Å²) < 4.78 is 6.00. The molecule has 0 spiro atoms. The van der Waals surface area contributed by atoms with Gasteiger partial charge in [0.05, 0.1) is 6.61 Å². The Morgan fingerprint density at radius 1 is 1.48 bits per heavy atom. The molecule has 0 bridgehead atoms. The highest BCUT2D eigenvalue weighted by atomic mass is 79.9. The van der Waals surface area contributed by atoms with Crippen molar-refractivity contribution in [3.05, 3.63) is 22.2 Å². The van der Waals surface area contributed by atoms with E-state index in [2.05, 4.69) is 27.3 Å². The van der Waals surface area contributed by atoms with E-state index in [0.29, 0.717) is 12.6 Å². The minimum absolute atomic E-state index is 0.208. The Balaban J connectivity index is 1.92. The van der Waals surface area contributed by atoms with Gasteiger partial charge < -0.3 is 20.7 Å². The standard InChI is InChI=1S/C15H22BrN3O2/c1-3-21-15(20)19-6-4-11(5-7-19)18-14-8-10(2)13(17)9-12(14)16/h8-9,11,18H,3-7,17H2,1-2H3. The first-order valence-corrected chi connectivity index (χ1v) is 8.04. The zero-order chi connectivity index (χ0) is 15.4. The topological polar surface area (TPSA) is 67.6 Å². The Bertz CT molecular complexity index is 514. The van der Waals surface area contributed by atoms with E-state index in [4.69, 9.17) is 10.5 Å². The van der Waals surface area contributed by atoms with Crippen molar-refractivity contribution in [2.45, 2.75) is 32.7 Å². The Morgan fingerprint density at radius 2 is 2.14 bits per heavy atom. The summed E-state index contributed by atoms with van der Waals surface area (Å²) in [6.45, 7) is 5.70. The van der Waals surface area contributed by atoms with Gasteiger partial charge in [-0.05, 0) is 60.3 Å². The van der Waals surface area contributed by atoms with Crippen LogP contribution in [-0.2, 0) is 4.74 Å². The number of rotatable bonds is 3. The third-order valence-corrected chi connectivity index (χ3v) is 4.39. The molecule has 1 aliphatic rings. The molecule has 1 aliphatic heterocycles. The number of aryl methyl sites for hydroxylation is 1. The number of nitrogens with zero attached hydrogens (tertiary/aromatic N) is 1. The van der Waals surface area contributed by atoms with Crippen LogP contribution in [0.2, 0.25) is 0 Å². The summed E-state index contributed by atoms with van der Waals surface area (Å²) in [5.74, 6) is 0. The molecule has 0 unspecified atom stereocenters. The van der Waals surface area contributed by atoms with Gasteiger partial charge in [-0.3, -0.25) is 0 Å². The van der Waals surface area contributed by atoms with E-state index in [0.717, 1.165) is 47.3 Å². The number of benzene rings is 1. The van der Waals surface area contributed by atoms with Gasteiger partial charge in [-0.25, -0.2) is 4.79 Å². The van der Waals surface area contributed by atoms with Gasteiger partial charge in [0.1, 0.15) is 0 Å². The molecule has 5 nitrogen and oxygen atoms in total. The molecular weight excluding hydrogens is 334 g/mol. The molecule has 0 aliphatic carbocycles. The van der Waals surface area contributed by atoms with Gasteiger partial charge in [0, 0.05) is 35.0 Å². The smallest absolute Gasteiger partial charge is 0.409 e. The maximum atomic E-state index is 11.7. The van der Waals surface area contributed by atoms with E-state index in [1.165, 1.54) is 0 Å². The average molecular weight is 356 g/mol. The minimum Gasteiger partial charge on any atom is -0.450 e. The molecular formula is C15H22BrN3O2. The highest BCUT2D eigenvalue weighted by Crippen LogP contribution is 2.29. The highest BCUT2D eigenvalue weighted by Gasteiger charge is 2.23. The monoisotopic (exact) mass is 355 g/mol. The quantitative estimate of drug-likeness (QED) is 0.815. The normalized spacial score (nSPS) is 15.9. The van der Waals surface area contributed by atoms with Crippen molar-refractivity contribution in [2.24, 2.45) is 0 Å². The van der Waals surface area contributed by atoms with Gasteiger partial charge in [0.25, 0.3) is 0 Å². The summed E-state index contributed by atoms with van der Waals surface area (Å²) in [6, 6.07) is 4.33. The van der Waals surface area contributed by atoms with Crippen LogP contribution in [-0.4, -0.2) is 36.7 Å². The second kappa shape index (κ2) is 7.02. The number of piperidine rings is 1. The van der Waals surface area contributed by atoms with E-state index in [1.807, 2.05) is 19.9 Å². The van der Waals surface area contributed by atoms with Crippen molar-refractivity contribution in [3.8, 4) is 0 Å². The third-order valence-electron chi connectivity index (χ3n) is 3.74. The highest BCUT2D eigenvalue weighted by molar-refractivity contribution is 9.10. The zero-order valence-corrected chi connectivity index (χ0v) is 14.1. The lowest BCUT2D eigenvalue weighted by Crippen LogP contribution is -2.42. The number of carbonyl (C=O) groups excluding carboxylic acids is 1. The number of nitrogens with two attached hydrogens (primary N) is 1. The fourth-order valence-electron chi connectivity index (χ4n) is 2.45. The lowest BCUT2D eigenvalue weighted by atomic mass is 10.0. The summed E-state index contributed by atoms with van der Waals surface area (Å²) in [5, 5.41) is 3.53. The third kappa shape index (κ3) is 4.03. The number of hydrogen-bond acceptors (Lipinski definition) is 4. The Kier molecular flexibility index (Phi) is 5.33. The maximum absolute atomic E-state index is 11.7. The molecule has 1 heterocycles. The summed E-state index contributed by atoms with van der Waals surface area (Å²) >= 11 is 3.54. The number of nitrogen functional groups attached to an aromatic ring is 1. The number of hydrogen-bond donors (Lipinski definition) is 2.